The minimum absolute atomic E-state index is 0.249. The number of thioether (sulfide) groups is 1. The molecule has 1 aliphatic heterocycles. The average molecular weight is 504 g/mol. The van der Waals surface area contributed by atoms with E-state index in [1.54, 1.807) is 50.4 Å². The van der Waals surface area contributed by atoms with Crippen LogP contribution in [0.1, 0.15) is 41.9 Å². The summed E-state index contributed by atoms with van der Waals surface area (Å²) in [7, 11) is 5.55. The standard InChI is InChI=1S/C26H32F3N5S/c1-30-23(20-6-4-12-32-17-20)33(3)24(31-2)35-15-5-13-34-14-11-25(18-34)16-22(25)19-7-9-21(10-8-19)26(27,28)29/h4,6-10,12,17,22H,5,11,13-16,18H2,1-3H3/b30-23-,31-24+/t22-,25-/m0/s1. The van der Waals surface area contributed by atoms with Crippen LogP contribution >= 0.6 is 11.8 Å². The van der Waals surface area contributed by atoms with Crippen molar-refractivity contribution in [2.45, 2.75) is 31.4 Å². The third-order valence-electron chi connectivity index (χ3n) is 7.07. The molecule has 2 atom stereocenters. The molecular formula is C26H32F3N5S. The summed E-state index contributed by atoms with van der Waals surface area (Å²) in [6, 6.07) is 9.67. The average Bonchev–Trinajstić information content (AvgIpc) is 3.40. The first kappa shape index (κ1) is 25.7. The quantitative estimate of drug-likeness (QED) is 0.301. The summed E-state index contributed by atoms with van der Waals surface area (Å²) in [5, 5.41) is 0.914. The van der Waals surface area contributed by atoms with Crippen LogP contribution in [0.5, 0.6) is 0 Å². The molecule has 2 fully saturated rings. The molecule has 4 rings (SSSR count). The molecule has 9 heteroatoms. The summed E-state index contributed by atoms with van der Waals surface area (Å²) in [5.74, 6) is 2.17. The first-order chi connectivity index (χ1) is 16.8. The first-order valence-corrected chi connectivity index (χ1v) is 12.9. The Bertz CT molecular complexity index is 1050. The van der Waals surface area contributed by atoms with Gasteiger partial charge >= 0.3 is 6.18 Å². The molecule has 1 saturated carbocycles. The van der Waals surface area contributed by atoms with Crippen molar-refractivity contribution < 1.29 is 13.2 Å². The Morgan fingerprint density at radius 2 is 1.97 bits per heavy atom. The molecular weight excluding hydrogens is 471 g/mol. The molecule has 2 aromatic rings. The second kappa shape index (κ2) is 10.7. The van der Waals surface area contributed by atoms with E-state index in [1.165, 1.54) is 12.1 Å². The van der Waals surface area contributed by atoms with Gasteiger partial charge in [0.2, 0.25) is 0 Å². The SMILES string of the molecule is C/N=C(/c1cccnc1)N(C)/C(=N\C)SCCCN1CC[C@]2(C[C@H]2c2ccc(C(F)(F)F)cc2)C1. The van der Waals surface area contributed by atoms with Crippen molar-refractivity contribution in [3.05, 3.63) is 65.5 Å². The molecule has 1 saturated heterocycles. The van der Waals surface area contributed by atoms with E-state index in [1.807, 2.05) is 24.1 Å². The Morgan fingerprint density at radius 1 is 1.20 bits per heavy atom. The van der Waals surface area contributed by atoms with Crippen molar-refractivity contribution in [2.24, 2.45) is 15.4 Å². The number of alkyl halides is 3. The number of aliphatic imine (C=N–C) groups is 2. The highest BCUT2D eigenvalue weighted by molar-refractivity contribution is 8.13. The van der Waals surface area contributed by atoms with Crippen molar-refractivity contribution in [2.75, 3.05) is 46.5 Å². The Morgan fingerprint density at radius 3 is 2.60 bits per heavy atom. The summed E-state index contributed by atoms with van der Waals surface area (Å²) >= 11 is 1.72. The summed E-state index contributed by atoms with van der Waals surface area (Å²) in [6.45, 7) is 3.11. The van der Waals surface area contributed by atoms with Crippen LogP contribution in [0, 0.1) is 5.41 Å². The van der Waals surface area contributed by atoms with Gasteiger partial charge in [0.15, 0.2) is 5.17 Å². The van der Waals surface area contributed by atoms with Gasteiger partial charge in [0.05, 0.1) is 5.56 Å². The largest absolute Gasteiger partial charge is 0.416 e. The monoisotopic (exact) mass is 503 g/mol. The number of amidine groups is 2. The van der Waals surface area contributed by atoms with Crippen LogP contribution in [0.2, 0.25) is 0 Å². The molecule has 1 aromatic heterocycles. The van der Waals surface area contributed by atoms with Gasteiger partial charge in [-0.3, -0.25) is 15.0 Å². The maximum absolute atomic E-state index is 12.9. The minimum atomic E-state index is -4.28. The van der Waals surface area contributed by atoms with E-state index in [4.69, 9.17) is 0 Å². The summed E-state index contributed by atoms with van der Waals surface area (Å²) in [6.07, 6.45) is 2.52. The first-order valence-electron chi connectivity index (χ1n) is 11.9. The molecule has 1 aliphatic carbocycles. The van der Waals surface area contributed by atoms with Gasteiger partial charge in [0, 0.05) is 51.4 Å². The van der Waals surface area contributed by atoms with Crippen LogP contribution in [-0.2, 0) is 6.18 Å². The Balaban J connectivity index is 1.23. The molecule has 0 amide bonds. The van der Waals surface area contributed by atoms with Crippen molar-refractivity contribution in [1.82, 2.24) is 14.8 Å². The Kier molecular flexibility index (Phi) is 7.86. The van der Waals surface area contributed by atoms with Gasteiger partial charge in [-0.1, -0.05) is 23.9 Å². The van der Waals surface area contributed by atoms with Crippen molar-refractivity contribution in [1.29, 1.82) is 0 Å². The molecule has 0 unspecified atom stereocenters. The Hall–Kier alpha value is -2.39. The number of hydrogen-bond acceptors (Lipinski definition) is 5. The zero-order valence-electron chi connectivity index (χ0n) is 20.4. The highest BCUT2D eigenvalue weighted by Gasteiger charge is 2.57. The van der Waals surface area contributed by atoms with E-state index < -0.39 is 11.7 Å². The second-order valence-electron chi connectivity index (χ2n) is 9.32. The van der Waals surface area contributed by atoms with Crippen LogP contribution in [0.3, 0.4) is 0 Å². The maximum atomic E-state index is 12.9. The lowest BCUT2D eigenvalue weighted by Gasteiger charge is -2.22. The minimum Gasteiger partial charge on any atom is -0.309 e. The third kappa shape index (κ3) is 5.89. The number of aromatic nitrogens is 1. The van der Waals surface area contributed by atoms with E-state index in [0.29, 0.717) is 5.92 Å². The van der Waals surface area contributed by atoms with Crippen LogP contribution < -0.4 is 0 Å². The predicted octanol–water partition coefficient (Wildman–Crippen LogP) is 5.40. The zero-order chi connectivity index (χ0) is 25.1. The molecule has 1 spiro atoms. The fourth-order valence-electron chi connectivity index (χ4n) is 5.17. The lowest BCUT2D eigenvalue weighted by Crippen LogP contribution is -2.32. The zero-order valence-corrected chi connectivity index (χ0v) is 21.2. The van der Waals surface area contributed by atoms with Gasteiger partial charge in [-0.05, 0) is 73.5 Å². The number of benzene rings is 1. The van der Waals surface area contributed by atoms with E-state index >= 15 is 0 Å². The van der Waals surface area contributed by atoms with Crippen LogP contribution in [0.15, 0.2) is 58.8 Å². The number of rotatable bonds is 6. The van der Waals surface area contributed by atoms with E-state index in [2.05, 4.69) is 19.9 Å². The third-order valence-corrected chi connectivity index (χ3v) is 8.28. The normalized spacial score (nSPS) is 23.2. The fourth-order valence-corrected chi connectivity index (χ4v) is 6.04. The molecule has 2 aliphatic rings. The molecule has 5 nitrogen and oxygen atoms in total. The topological polar surface area (TPSA) is 44.1 Å². The smallest absolute Gasteiger partial charge is 0.309 e. The molecule has 1 aromatic carbocycles. The molecule has 35 heavy (non-hydrogen) atoms. The Labute approximate surface area is 209 Å². The predicted molar refractivity (Wildman–Crippen MR) is 137 cm³/mol. The van der Waals surface area contributed by atoms with Gasteiger partial charge < -0.3 is 9.80 Å². The van der Waals surface area contributed by atoms with Crippen molar-refractivity contribution in [3.8, 4) is 0 Å². The summed E-state index contributed by atoms with van der Waals surface area (Å²) in [4.78, 5) is 17.6. The summed E-state index contributed by atoms with van der Waals surface area (Å²) in [5.41, 5.74) is 1.68. The molecule has 0 bridgehead atoms. The molecule has 0 radical (unpaired) electrons. The van der Waals surface area contributed by atoms with E-state index in [0.717, 1.165) is 66.8 Å². The van der Waals surface area contributed by atoms with Crippen LogP contribution in [0.25, 0.3) is 0 Å². The van der Waals surface area contributed by atoms with Crippen LogP contribution in [0.4, 0.5) is 13.2 Å². The molecule has 0 N–H and O–H groups in total. The summed E-state index contributed by atoms with van der Waals surface area (Å²) < 4.78 is 38.6. The number of nitrogens with zero attached hydrogens (tertiary/aromatic N) is 5. The van der Waals surface area contributed by atoms with Crippen molar-refractivity contribution >= 4 is 22.8 Å². The molecule has 188 valence electrons. The van der Waals surface area contributed by atoms with Gasteiger partial charge in [-0.25, -0.2) is 0 Å². The van der Waals surface area contributed by atoms with E-state index in [-0.39, 0.29) is 5.41 Å². The van der Waals surface area contributed by atoms with Crippen LogP contribution in [-0.4, -0.2) is 72.3 Å². The highest BCUT2D eigenvalue weighted by atomic mass is 32.2. The molecule has 2 heterocycles. The van der Waals surface area contributed by atoms with E-state index in [9.17, 15) is 13.2 Å². The second-order valence-corrected chi connectivity index (χ2v) is 10.4. The number of hydrogen-bond donors (Lipinski definition) is 0. The number of likely N-dealkylation sites (tertiary alicyclic amines) is 1. The lowest BCUT2D eigenvalue weighted by atomic mass is 9.97. The van der Waals surface area contributed by atoms with Crippen molar-refractivity contribution in [3.63, 3.8) is 0 Å². The number of pyridine rings is 1. The van der Waals surface area contributed by atoms with Gasteiger partial charge in [0.1, 0.15) is 5.84 Å². The van der Waals surface area contributed by atoms with Gasteiger partial charge in [-0.2, -0.15) is 13.2 Å². The lowest BCUT2D eigenvalue weighted by molar-refractivity contribution is -0.137. The number of halogens is 3. The fraction of sp³-hybridized carbons (Fsp3) is 0.500. The highest BCUT2D eigenvalue weighted by Crippen LogP contribution is 2.64. The van der Waals surface area contributed by atoms with Gasteiger partial charge in [0.25, 0.3) is 0 Å². The van der Waals surface area contributed by atoms with Gasteiger partial charge in [-0.15, -0.1) is 0 Å². The maximum Gasteiger partial charge on any atom is 0.416 e.